The molecule has 0 aliphatic rings. The second-order valence-corrected chi connectivity index (χ2v) is 4.98. The first kappa shape index (κ1) is 16.0. The van der Waals surface area contributed by atoms with Gasteiger partial charge in [0.15, 0.2) is 0 Å². The van der Waals surface area contributed by atoms with Crippen LogP contribution in [0, 0.1) is 0 Å². The minimum Gasteiger partial charge on any atom is -0.492 e. The molecule has 0 saturated carbocycles. The summed E-state index contributed by atoms with van der Waals surface area (Å²) in [6.07, 6.45) is 0.523. The molecule has 0 radical (unpaired) electrons. The second-order valence-electron chi connectivity index (χ2n) is 4.55. The van der Waals surface area contributed by atoms with E-state index in [1.54, 1.807) is 19.1 Å². The predicted molar refractivity (Wildman–Crippen MR) is 79.0 cm³/mol. The number of ketones is 1. The third-order valence-electron chi connectivity index (χ3n) is 3.11. The van der Waals surface area contributed by atoms with Crippen molar-refractivity contribution in [2.45, 2.75) is 33.2 Å². The average molecular weight is 284 g/mol. The molecule has 0 aliphatic carbocycles. The Bertz CT molecular complexity index is 388. The number of hydrogen-bond donors (Lipinski definition) is 0. The summed E-state index contributed by atoms with van der Waals surface area (Å²) in [7, 11) is 0. The molecule has 0 heterocycles. The number of carbonyl (C=O) groups excluding carboxylic acids is 1. The highest BCUT2D eigenvalue weighted by atomic mass is 35.5. The Labute approximate surface area is 120 Å². The van der Waals surface area contributed by atoms with E-state index in [9.17, 15) is 4.79 Å². The Morgan fingerprint density at radius 3 is 2.32 bits per heavy atom. The number of halogens is 1. The number of carbonyl (C=O) groups is 1. The van der Waals surface area contributed by atoms with Crippen molar-refractivity contribution in [1.29, 1.82) is 0 Å². The number of nitrogens with zero attached hydrogens (tertiary/aromatic N) is 1. The standard InChI is InChI=1S/C15H22ClNO2/c1-4-17(5-2)14(10-12(3)18)11-19-15-8-6-13(16)7-9-15/h6-9,14H,4-5,10-11H2,1-3H3. The first-order valence-corrected chi connectivity index (χ1v) is 7.06. The molecular formula is C15H22ClNO2. The van der Waals surface area contributed by atoms with Gasteiger partial charge in [0.1, 0.15) is 18.1 Å². The maximum atomic E-state index is 11.3. The Hall–Kier alpha value is -1.06. The summed E-state index contributed by atoms with van der Waals surface area (Å²) in [6, 6.07) is 7.41. The molecule has 3 nitrogen and oxygen atoms in total. The smallest absolute Gasteiger partial charge is 0.131 e. The van der Waals surface area contributed by atoms with Crippen LogP contribution in [0.25, 0.3) is 0 Å². The van der Waals surface area contributed by atoms with E-state index in [1.165, 1.54) is 0 Å². The van der Waals surface area contributed by atoms with E-state index >= 15 is 0 Å². The lowest BCUT2D eigenvalue weighted by Crippen LogP contribution is -2.40. The number of rotatable bonds is 8. The van der Waals surface area contributed by atoms with Crippen molar-refractivity contribution in [3.05, 3.63) is 29.3 Å². The van der Waals surface area contributed by atoms with Crippen molar-refractivity contribution in [3.8, 4) is 5.75 Å². The zero-order valence-corrected chi connectivity index (χ0v) is 12.6. The van der Waals surface area contributed by atoms with Crippen LogP contribution in [-0.4, -0.2) is 36.4 Å². The predicted octanol–water partition coefficient (Wildman–Crippen LogP) is 3.41. The fraction of sp³-hybridized carbons (Fsp3) is 0.533. The average Bonchev–Trinajstić information content (AvgIpc) is 2.38. The molecule has 19 heavy (non-hydrogen) atoms. The minimum absolute atomic E-state index is 0.128. The summed E-state index contributed by atoms with van der Waals surface area (Å²) >= 11 is 5.83. The molecule has 4 heteroatoms. The second kappa shape index (κ2) is 8.18. The third kappa shape index (κ3) is 5.62. The highest BCUT2D eigenvalue weighted by Crippen LogP contribution is 2.16. The molecule has 0 N–H and O–H groups in total. The van der Waals surface area contributed by atoms with Crippen LogP contribution < -0.4 is 4.74 Å². The summed E-state index contributed by atoms with van der Waals surface area (Å²) in [5.41, 5.74) is 0. The van der Waals surface area contributed by atoms with Crippen molar-refractivity contribution in [2.24, 2.45) is 0 Å². The van der Waals surface area contributed by atoms with Crippen LogP contribution in [0.4, 0.5) is 0 Å². The molecule has 0 fully saturated rings. The quantitative estimate of drug-likeness (QED) is 0.732. The van der Waals surface area contributed by atoms with Crippen molar-refractivity contribution in [3.63, 3.8) is 0 Å². The van der Waals surface area contributed by atoms with Gasteiger partial charge in [-0.05, 0) is 44.3 Å². The van der Waals surface area contributed by atoms with Gasteiger partial charge in [0, 0.05) is 11.4 Å². The zero-order valence-electron chi connectivity index (χ0n) is 11.9. The molecule has 0 amide bonds. The molecule has 1 unspecified atom stereocenters. The van der Waals surface area contributed by atoms with Gasteiger partial charge in [-0.15, -0.1) is 0 Å². The monoisotopic (exact) mass is 283 g/mol. The van der Waals surface area contributed by atoms with Gasteiger partial charge in [-0.2, -0.15) is 0 Å². The molecule has 1 atom stereocenters. The molecule has 106 valence electrons. The number of ether oxygens (including phenoxy) is 1. The van der Waals surface area contributed by atoms with Gasteiger partial charge in [0.25, 0.3) is 0 Å². The summed E-state index contributed by atoms with van der Waals surface area (Å²) in [6.45, 7) is 8.16. The summed E-state index contributed by atoms with van der Waals surface area (Å²) in [4.78, 5) is 13.6. The highest BCUT2D eigenvalue weighted by molar-refractivity contribution is 6.30. The van der Waals surface area contributed by atoms with Gasteiger partial charge in [-0.3, -0.25) is 9.69 Å². The molecule has 0 aromatic heterocycles. The molecule has 1 rings (SSSR count). The van der Waals surface area contributed by atoms with E-state index in [2.05, 4.69) is 18.7 Å². The van der Waals surface area contributed by atoms with E-state index in [0.717, 1.165) is 18.8 Å². The number of Topliss-reactive ketones (excluding diaryl/α,β-unsaturated/α-hetero) is 1. The summed E-state index contributed by atoms with van der Waals surface area (Å²) in [5.74, 6) is 0.974. The van der Waals surface area contributed by atoms with Crippen LogP contribution in [0.1, 0.15) is 27.2 Å². The van der Waals surface area contributed by atoms with Crippen LogP contribution in [0.2, 0.25) is 5.02 Å². The minimum atomic E-state index is 0.128. The lowest BCUT2D eigenvalue weighted by molar-refractivity contribution is -0.118. The van der Waals surface area contributed by atoms with Crippen molar-refractivity contribution >= 4 is 17.4 Å². The molecule has 0 aliphatic heterocycles. The Balaban J connectivity index is 2.61. The van der Waals surface area contributed by atoms with Crippen molar-refractivity contribution in [2.75, 3.05) is 19.7 Å². The topological polar surface area (TPSA) is 29.5 Å². The zero-order chi connectivity index (χ0) is 14.3. The maximum Gasteiger partial charge on any atom is 0.131 e. The van der Waals surface area contributed by atoms with Crippen LogP contribution >= 0.6 is 11.6 Å². The lowest BCUT2D eigenvalue weighted by atomic mass is 10.1. The van der Waals surface area contributed by atoms with Gasteiger partial charge >= 0.3 is 0 Å². The van der Waals surface area contributed by atoms with Gasteiger partial charge in [0.2, 0.25) is 0 Å². The van der Waals surface area contributed by atoms with E-state index in [0.29, 0.717) is 18.1 Å². The van der Waals surface area contributed by atoms with Crippen molar-refractivity contribution < 1.29 is 9.53 Å². The fourth-order valence-corrected chi connectivity index (χ4v) is 2.21. The maximum absolute atomic E-state index is 11.3. The normalized spacial score (nSPS) is 12.5. The van der Waals surface area contributed by atoms with Gasteiger partial charge in [-0.1, -0.05) is 25.4 Å². The van der Waals surface area contributed by atoms with Gasteiger partial charge < -0.3 is 4.74 Å². The number of hydrogen-bond acceptors (Lipinski definition) is 3. The first-order valence-electron chi connectivity index (χ1n) is 6.68. The molecule has 1 aromatic rings. The molecule has 0 bridgehead atoms. The first-order chi connectivity index (χ1) is 9.06. The van der Waals surface area contributed by atoms with Crippen LogP contribution in [0.3, 0.4) is 0 Å². The van der Waals surface area contributed by atoms with Crippen molar-refractivity contribution in [1.82, 2.24) is 4.90 Å². The van der Waals surface area contributed by atoms with E-state index in [-0.39, 0.29) is 11.8 Å². The molecule has 0 saturated heterocycles. The fourth-order valence-electron chi connectivity index (χ4n) is 2.09. The molecule has 0 spiro atoms. The molecular weight excluding hydrogens is 262 g/mol. The van der Waals surface area contributed by atoms with Gasteiger partial charge in [-0.25, -0.2) is 0 Å². The Morgan fingerprint density at radius 1 is 1.26 bits per heavy atom. The highest BCUT2D eigenvalue weighted by Gasteiger charge is 2.18. The molecule has 1 aromatic carbocycles. The Kier molecular flexibility index (Phi) is 6.89. The largest absolute Gasteiger partial charge is 0.492 e. The number of benzene rings is 1. The lowest BCUT2D eigenvalue weighted by Gasteiger charge is -2.28. The number of likely N-dealkylation sites (N-methyl/N-ethyl adjacent to an activating group) is 1. The van der Waals surface area contributed by atoms with E-state index in [1.807, 2.05) is 12.1 Å². The summed E-state index contributed by atoms with van der Waals surface area (Å²) in [5, 5.41) is 0.691. The third-order valence-corrected chi connectivity index (χ3v) is 3.36. The summed E-state index contributed by atoms with van der Waals surface area (Å²) < 4.78 is 5.76. The SMILES string of the molecule is CCN(CC)C(COc1ccc(Cl)cc1)CC(C)=O. The van der Waals surface area contributed by atoms with Crippen LogP contribution in [-0.2, 0) is 4.79 Å². The van der Waals surface area contributed by atoms with Gasteiger partial charge in [0.05, 0.1) is 6.04 Å². The van der Waals surface area contributed by atoms with E-state index < -0.39 is 0 Å². The van der Waals surface area contributed by atoms with Crippen LogP contribution in [0.5, 0.6) is 5.75 Å². The Morgan fingerprint density at radius 2 is 1.84 bits per heavy atom. The van der Waals surface area contributed by atoms with E-state index in [4.69, 9.17) is 16.3 Å². The van der Waals surface area contributed by atoms with Crippen LogP contribution in [0.15, 0.2) is 24.3 Å².